The number of fused-ring (bicyclic) bond motifs is 1. The number of amides is 1. The van der Waals surface area contributed by atoms with Crippen molar-refractivity contribution in [1.82, 2.24) is 20.4 Å². The maximum atomic E-state index is 12.7. The molecule has 2 heterocycles. The van der Waals surface area contributed by atoms with Crippen molar-refractivity contribution in [3.05, 3.63) is 34.0 Å². The second-order valence-electron chi connectivity index (χ2n) is 5.85. The fraction of sp³-hybridized carbons (Fsp3) is 0.467. The average molecular weight is 354 g/mol. The summed E-state index contributed by atoms with van der Waals surface area (Å²) in [4.78, 5) is 24.9. The number of piperidine rings is 1. The number of rotatable bonds is 4. The second-order valence-corrected chi connectivity index (χ2v) is 5.85. The van der Waals surface area contributed by atoms with E-state index in [-0.39, 0.29) is 29.7 Å². The summed E-state index contributed by atoms with van der Waals surface area (Å²) in [6.45, 7) is 2.34. The number of nitro benzene ring substituents is 1. The first-order chi connectivity index (χ1) is 11.1. The Bertz CT molecular complexity index is 740. The Labute approximate surface area is 145 Å². The molecule has 0 unspecified atom stereocenters. The Morgan fingerprint density at radius 3 is 2.79 bits per heavy atom. The van der Waals surface area contributed by atoms with Gasteiger partial charge in [0.2, 0.25) is 0 Å². The maximum absolute atomic E-state index is 12.7. The maximum Gasteiger partial charge on any atom is 0.274 e. The van der Waals surface area contributed by atoms with Gasteiger partial charge in [-0.15, -0.1) is 12.4 Å². The molecule has 1 amide bonds. The highest BCUT2D eigenvalue weighted by Gasteiger charge is 2.26. The number of benzene rings is 1. The first kappa shape index (κ1) is 18.2. The average Bonchev–Trinajstić information content (AvgIpc) is 2.98. The number of nitro groups is 1. The molecule has 1 saturated heterocycles. The van der Waals surface area contributed by atoms with E-state index in [1.807, 2.05) is 7.05 Å². The number of halogens is 1. The summed E-state index contributed by atoms with van der Waals surface area (Å²) in [6, 6.07) is 4.38. The van der Waals surface area contributed by atoms with Gasteiger partial charge in [0.1, 0.15) is 0 Å². The van der Waals surface area contributed by atoms with Crippen molar-refractivity contribution in [2.45, 2.75) is 12.8 Å². The smallest absolute Gasteiger partial charge is 0.274 e. The topological polar surface area (TPSA) is 104 Å². The molecular weight excluding hydrogens is 334 g/mol. The molecule has 0 bridgehead atoms. The lowest BCUT2D eigenvalue weighted by molar-refractivity contribution is -0.384. The van der Waals surface area contributed by atoms with Crippen LogP contribution in [0.5, 0.6) is 0 Å². The highest BCUT2D eigenvalue weighted by atomic mass is 35.5. The largest absolute Gasteiger partial charge is 0.337 e. The molecule has 1 aromatic carbocycles. The quantitative estimate of drug-likeness (QED) is 0.646. The molecule has 0 saturated carbocycles. The van der Waals surface area contributed by atoms with Crippen LogP contribution in [0.4, 0.5) is 5.69 Å². The predicted molar refractivity (Wildman–Crippen MR) is 92.6 cm³/mol. The van der Waals surface area contributed by atoms with Crippen LogP contribution in [0.2, 0.25) is 0 Å². The molecule has 2 aromatic rings. The van der Waals surface area contributed by atoms with Gasteiger partial charge in [-0.2, -0.15) is 5.10 Å². The standard InChI is InChI=1S/C15H19N5O3.ClH/c1-16-9-10-4-6-19(7-5-10)15(21)14-12-8-11(20(22)23)2-3-13(12)17-18-14;/h2-3,8,10,16H,4-7,9H2,1H3,(H,17,18);1H. The summed E-state index contributed by atoms with van der Waals surface area (Å²) in [7, 11) is 1.93. The van der Waals surface area contributed by atoms with E-state index in [1.165, 1.54) is 12.1 Å². The minimum atomic E-state index is -0.468. The number of carbonyl (C=O) groups is 1. The van der Waals surface area contributed by atoms with Gasteiger partial charge in [0.25, 0.3) is 11.6 Å². The van der Waals surface area contributed by atoms with Gasteiger partial charge in [-0.25, -0.2) is 0 Å². The van der Waals surface area contributed by atoms with Crippen LogP contribution in [0.3, 0.4) is 0 Å². The Morgan fingerprint density at radius 2 is 2.17 bits per heavy atom. The molecule has 24 heavy (non-hydrogen) atoms. The zero-order valence-corrected chi connectivity index (χ0v) is 14.1. The summed E-state index contributed by atoms with van der Waals surface area (Å²) in [5, 5.41) is 21.4. The molecule has 1 aliphatic heterocycles. The van der Waals surface area contributed by atoms with Crippen LogP contribution < -0.4 is 5.32 Å². The Hall–Kier alpha value is -2.19. The van der Waals surface area contributed by atoms with Crippen LogP contribution in [0.25, 0.3) is 10.9 Å². The normalized spacial score (nSPS) is 15.3. The summed E-state index contributed by atoms with van der Waals surface area (Å²) < 4.78 is 0. The third kappa shape index (κ3) is 3.49. The molecule has 0 aliphatic carbocycles. The SMILES string of the molecule is CNCC1CCN(C(=O)c2n[nH]c3ccc([N+](=O)[O-])cc23)CC1.Cl. The minimum absolute atomic E-state index is 0. The van der Waals surface area contributed by atoms with Gasteiger partial charge in [0.05, 0.1) is 10.4 Å². The summed E-state index contributed by atoms with van der Waals surface area (Å²) in [6.07, 6.45) is 1.91. The summed E-state index contributed by atoms with van der Waals surface area (Å²) in [5.74, 6) is 0.417. The molecule has 9 heteroatoms. The van der Waals surface area contributed by atoms with Gasteiger partial charge < -0.3 is 10.2 Å². The minimum Gasteiger partial charge on any atom is -0.337 e. The van der Waals surface area contributed by atoms with E-state index in [4.69, 9.17) is 0 Å². The number of likely N-dealkylation sites (tertiary alicyclic amines) is 1. The molecule has 3 rings (SSSR count). The molecule has 130 valence electrons. The van der Waals surface area contributed by atoms with E-state index in [1.54, 1.807) is 11.0 Å². The van der Waals surface area contributed by atoms with Crippen molar-refractivity contribution in [3.63, 3.8) is 0 Å². The first-order valence-electron chi connectivity index (χ1n) is 7.66. The van der Waals surface area contributed by atoms with Gasteiger partial charge in [-0.05, 0) is 38.4 Å². The number of hydrogen-bond acceptors (Lipinski definition) is 5. The first-order valence-corrected chi connectivity index (χ1v) is 7.66. The summed E-state index contributed by atoms with van der Waals surface area (Å²) in [5.41, 5.74) is 0.848. The zero-order chi connectivity index (χ0) is 16.4. The van der Waals surface area contributed by atoms with Crippen molar-refractivity contribution in [3.8, 4) is 0 Å². The fourth-order valence-electron chi connectivity index (χ4n) is 3.06. The number of nitrogens with zero attached hydrogens (tertiary/aromatic N) is 3. The van der Waals surface area contributed by atoms with Crippen LogP contribution in [-0.2, 0) is 0 Å². The Balaban J connectivity index is 0.00000208. The van der Waals surface area contributed by atoms with Gasteiger partial charge in [0.15, 0.2) is 5.69 Å². The number of aromatic amines is 1. The molecule has 1 aliphatic rings. The Morgan fingerprint density at radius 1 is 1.46 bits per heavy atom. The van der Waals surface area contributed by atoms with Crippen molar-refractivity contribution in [2.24, 2.45) is 5.92 Å². The molecule has 0 atom stereocenters. The lowest BCUT2D eigenvalue weighted by Gasteiger charge is -2.31. The van der Waals surface area contributed by atoms with E-state index >= 15 is 0 Å². The van der Waals surface area contributed by atoms with Crippen LogP contribution in [0.1, 0.15) is 23.3 Å². The number of aromatic nitrogens is 2. The highest BCUT2D eigenvalue weighted by molar-refractivity contribution is 6.05. The highest BCUT2D eigenvalue weighted by Crippen LogP contribution is 2.24. The zero-order valence-electron chi connectivity index (χ0n) is 13.3. The van der Waals surface area contributed by atoms with E-state index in [0.29, 0.717) is 29.9 Å². The molecular formula is C15H20ClN5O3. The molecule has 1 fully saturated rings. The molecule has 1 aromatic heterocycles. The summed E-state index contributed by atoms with van der Waals surface area (Å²) >= 11 is 0. The van der Waals surface area contributed by atoms with Crippen LogP contribution in [0, 0.1) is 16.0 Å². The van der Waals surface area contributed by atoms with E-state index < -0.39 is 4.92 Å². The lowest BCUT2D eigenvalue weighted by atomic mass is 9.96. The van der Waals surface area contributed by atoms with E-state index in [9.17, 15) is 14.9 Å². The van der Waals surface area contributed by atoms with Gasteiger partial charge in [-0.3, -0.25) is 20.0 Å². The van der Waals surface area contributed by atoms with E-state index in [0.717, 1.165) is 19.4 Å². The number of nitrogens with one attached hydrogen (secondary N) is 2. The van der Waals surface area contributed by atoms with Crippen molar-refractivity contribution in [2.75, 3.05) is 26.7 Å². The Kier molecular flexibility index (Phi) is 5.74. The number of H-pyrrole nitrogens is 1. The van der Waals surface area contributed by atoms with E-state index in [2.05, 4.69) is 15.5 Å². The third-order valence-electron chi connectivity index (χ3n) is 4.35. The monoisotopic (exact) mass is 353 g/mol. The third-order valence-corrected chi connectivity index (χ3v) is 4.35. The van der Waals surface area contributed by atoms with Crippen LogP contribution in [0.15, 0.2) is 18.2 Å². The number of hydrogen-bond donors (Lipinski definition) is 2. The van der Waals surface area contributed by atoms with Gasteiger partial charge in [0, 0.05) is 30.6 Å². The second kappa shape index (κ2) is 7.59. The van der Waals surface area contributed by atoms with Gasteiger partial charge in [-0.1, -0.05) is 0 Å². The predicted octanol–water partition coefficient (Wildman–Crippen LogP) is 1.96. The lowest BCUT2D eigenvalue weighted by Crippen LogP contribution is -2.40. The van der Waals surface area contributed by atoms with Crippen molar-refractivity contribution in [1.29, 1.82) is 0 Å². The molecule has 0 spiro atoms. The number of non-ortho nitro benzene ring substituents is 1. The van der Waals surface area contributed by atoms with Crippen LogP contribution in [-0.4, -0.2) is 52.6 Å². The molecule has 0 radical (unpaired) electrons. The van der Waals surface area contributed by atoms with Gasteiger partial charge >= 0.3 is 0 Å². The van der Waals surface area contributed by atoms with Crippen molar-refractivity contribution < 1.29 is 9.72 Å². The van der Waals surface area contributed by atoms with Crippen molar-refractivity contribution >= 4 is 34.9 Å². The van der Waals surface area contributed by atoms with Crippen LogP contribution >= 0.6 is 12.4 Å². The number of carbonyl (C=O) groups excluding carboxylic acids is 1. The fourth-order valence-corrected chi connectivity index (χ4v) is 3.06. The molecule has 8 nitrogen and oxygen atoms in total. The molecule has 2 N–H and O–H groups in total.